The molecule has 1 heterocycles. The summed E-state index contributed by atoms with van der Waals surface area (Å²) >= 11 is 6.14. The molecule has 0 aromatic heterocycles. The van der Waals surface area contributed by atoms with Gasteiger partial charge in [0.2, 0.25) is 0 Å². The van der Waals surface area contributed by atoms with Crippen molar-refractivity contribution in [1.29, 1.82) is 0 Å². The van der Waals surface area contributed by atoms with Crippen molar-refractivity contribution in [2.45, 2.75) is 26.4 Å². The number of nitrogens with zero attached hydrogens (tertiary/aromatic N) is 1. The van der Waals surface area contributed by atoms with Gasteiger partial charge in [0.1, 0.15) is 0 Å². The van der Waals surface area contributed by atoms with Crippen LogP contribution in [0.5, 0.6) is 0 Å². The fraction of sp³-hybridized carbons (Fsp3) is 0.538. The summed E-state index contributed by atoms with van der Waals surface area (Å²) in [7, 11) is 0. The number of hydrogen-bond donors (Lipinski definition) is 1. The van der Waals surface area contributed by atoms with Crippen LogP contribution in [0.3, 0.4) is 0 Å². The minimum absolute atomic E-state index is 0.604. The van der Waals surface area contributed by atoms with E-state index in [9.17, 15) is 0 Å². The highest BCUT2D eigenvalue weighted by atomic mass is 35.5. The number of rotatable bonds is 2. The van der Waals surface area contributed by atoms with Gasteiger partial charge in [-0.05, 0) is 31.0 Å². The van der Waals surface area contributed by atoms with Crippen LogP contribution in [0, 0.1) is 6.92 Å². The van der Waals surface area contributed by atoms with E-state index >= 15 is 0 Å². The third-order valence-electron chi connectivity index (χ3n) is 3.39. The van der Waals surface area contributed by atoms with Crippen molar-refractivity contribution in [2.24, 2.45) is 0 Å². The molecule has 2 rings (SSSR count). The van der Waals surface area contributed by atoms with Crippen LogP contribution in [0.4, 0.5) is 0 Å². The Bertz CT molecular complexity index is 365. The first-order valence-corrected chi connectivity index (χ1v) is 6.25. The molecule has 0 saturated carbocycles. The summed E-state index contributed by atoms with van der Waals surface area (Å²) in [6, 6.07) is 6.78. The normalized spacial score (nSPS) is 22.3. The van der Waals surface area contributed by atoms with E-state index < -0.39 is 0 Å². The summed E-state index contributed by atoms with van der Waals surface area (Å²) in [5, 5.41) is 4.28. The standard InChI is InChI=1S/C13H19ClN2/c1-10-8-15-6-7-16(10)9-12-4-3-5-13(14)11(12)2/h3-5,10,15H,6-9H2,1-2H3. The Kier molecular flexibility index (Phi) is 3.85. The fourth-order valence-corrected chi connectivity index (χ4v) is 2.35. The van der Waals surface area contributed by atoms with Crippen molar-refractivity contribution in [2.75, 3.05) is 19.6 Å². The first-order valence-electron chi connectivity index (χ1n) is 5.87. The smallest absolute Gasteiger partial charge is 0.0438 e. The van der Waals surface area contributed by atoms with Crippen molar-refractivity contribution < 1.29 is 0 Å². The molecule has 1 atom stereocenters. The number of hydrogen-bond acceptors (Lipinski definition) is 2. The molecule has 3 heteroatoms. The lowest BCUT2D eigenvalue weighted by atomic mass is 10.1. The third kappa shape index (κ3) is 2.57. The van der Waals surface area contributed by atoms with Crippen LogP contribution in [0.25, 0.3) is 0 Å². The summed E-state index contributed by atoms with van der Waals surface area (Å²) in [4.78, 5) is 2.51. The van der Waals surface area contributed by atoms with Gasteiger partial charge < -0.3 is 5.32 Å². The van der Waals surface area contributed by atoms with E-state index in [-0.39, 0.29) is 0 Å². The molecule has 0 spiro atoms. The number of nitrogens with one attached hydrogen (secondary N) is 1. The Morgan fingerprint density at radius 1 is 1.50 bits per heavy atom. The second-order valence-electron chi connectivity index (χ2n) is 4.55. The minimum atomic E-state index is 0.604. The number of halogens is 1. The second-order valence-corrected chi connectivity index (χ2v) is 4.95. The highest BCUT2D eigenvalue weighted by molar-refractivity contribution is 6.31. The van der Waals surface area contributed by atoms with E-state index in [4.69, 9.17) is 11.6 Å². The Balaban J connectivity index is 2.10. The molecule has 0 amide bonds. The highest BCUT2D eigenvalue weighted by Crippen LogP contribution is 2.21. The predicted octanol–water partition coefficient (Wildman–Crippen LogP) is 2.44. The molecule has 1 aromatic carbocycles. The molecule has 88 valence electrons. The molecular weight excluding hydrogens is 220 g/mol. The Morgan fingerprint density at radius 2 is 2.31 bits per heavy atom. The quantitative estimate of drug-likeness (QED) is 0.852. The van der Waals surface area contributed by atoms with Crippen molar-refractivity contribution >= 4 is 11.6 Å². The Labute approximate surface area is 103 Å². The average molecular weight is 239 g/mol. The first kappa shape index (κ1) is 11.9. The molecule has 1 aromatic rings. The maximum absolute atomic E-state index is 6.14. The lowest BCUT2D eigenvalue weighted by Crippen LogP contribution is -2.49. The molecule has 1 saturated heterocycles. The van der Waals surface area contributed by atoms with Crippen molar-refractivity contribution in [3.63, 3.8) is 0 Å². The number of piperazine rings is 1. The zero-order chi connectivity index (χ0) is 11.5. The van der Waals surface area contributed by atoms with Gasteiger partial charge in [0.05, 0.1) is 0 Å². The molecule has 1 aliphatic rings. The monoisotopic (exact) mass is 238 g/mol. The van der Waals surface area contributed by atoms with Gasteiger partial charge >= 0.3 is 0 Å². The molecule has 1 fully saturated rings. The average Bonchev–Trinajstić information content (AvgIpc) is 2.28. The summed E-state index contributed by atoms with van der Waals surface area (Å²) in [5.41, 5.74) is 2.57. The van der Waals surface area contributed by atoms with E-state index in [0.717, 1.165) is 31.2 Å². The SMILES string of the molecule is Cc1c(Cl)cccc1CN1CCNCC1C. The van der Waals surface area contributed by atoms with Crippen LogP contribution in [0.15, 0.2) is 18.2 Å². The largest absolute Gasteiger partial charge is 0.314 e. The van der Waals surface area contributed by atoms with Crippen LogP contribution in [-0.2, 0) is 6.54 Å². The van der Waals surface area contributed by atoms with Crippen LogP contribution >= 0.6 is 11.6 Å². The summed E-state index contributed by atoms with van der Waals surface area (Å²) < 4.78 is 0. The van der Waals surface area contributed by atoms with E-state index in [1.165, 1.54) is 11.1 Å². The van der Waals surface area contributed by atoms with Gasteiger partial charge in [-0.15, -0.1) is 0 Å². The molecule has 1 N–H and O–H groups in total. The molecule has 1 aliphatic heterocycles. The zero-order valence-electron chi connectivity index (χ0n) is 9.96. The van der Waals surface area contributed by atoms with E-state index in [1.807, 2.05) is 12.1 Å². The van der Waals surface area contributed by atoms with Crippen LogP contribution in [0.1, 0.15) is 18.1 Å². The molecule has 0 bridgehead atoms. The van der Waals surface area contributed by atoms with Gasteiger partial charge in [0.25, 0.3) is 0 Å². The Morgan fingerprint density at radius 3 is 3.06 bits per heavy atom. The summed E-state index contributed by atoms with van der Waals surface area (Å²) in [6.45, 7) is 8.67. The zero-order valence-corrected chi connectivity index (χ0v) is 10.7. The first-order chi connectivity index (χ1) is 7.68. The van der Waals surface area contributed by atoms with Crippen LogP contribution in [-0.4, -0.2) is 30.6 Å². The van der Waals surface area contributed by atoms with Gasteiger partial charge in [-0.3, -0.25) is 4.90 Å². The highest BCUT2D eigenvalue weighted by Gasteiger charge is 2.18. The lowest BCUT2D eigenvalue weighted by Gasteiger charge is -2.34. The summed E-state index contributed by atoms with van der Waals surface area (Å²) in [5.74, 6) is 0. The van der Waals surface area contributed by atoms with Gasteiger partial charge in [-0.2, -0.15) is 0 Å². The van der Waals surface area contributed by atoms with Gasteiger partial charge in [-0.1, -0.05) is 23.7 Å². The molecule has 0 aliphatic carbocycles. The topological polar surface area (TPSA) is 15.3 Å². The Hall–Kier alpha value is -0.570. The van der Waals surface area contributed by atoms with Crippen molar-refractivity contribution in [3.05, 3.63) is 34.3 Å². The fourth-order valence-electron chi connectivity index (χ4n) is 2.16. The summed E-state index contributed by atoms with van der Waals surface area (Å²) in [6.07, 6.45) is 0. The van der Waals surface area contributed by atoms with Gasteiger partial charge in [0.15, 0.2) is 0 Å². The van der Waals surface area contributed by atoms with E-state index in [1.54, 1.807) is 0 Å². The van der Waals surface area contributed by atoms with E-state index in [0.29, 0.717) is 6.04 Å². The molecule has 0 radical (unpaired) electrons. The molecule has 16 heavy (non-hydrogen) atoms. The maximum atomic E-state index is 6.14. The van der Waals surface area contributed by atoms with Crippen molar-refractivity contribution in [1.82, 2.24) is 10.2 Å². The lowest BCUT2D eigenvalue weighted by molar-refractivity contribution is 0.165. The molecule has 1 unspecified atom stereocenters. The van der Waals surface area contributed by atoms with E-state index in [2.05, 4.69) is 30.1 Å². The minimum Gasteiger partial charge on any atom is -0.314 e. The number of benzene rings is 1. The molecular formula is C13H19ClN2. The van der Waals surface area contributed by atoms with Crippen LogP contribution in [0.2, 0.25) is 5.02 Å². The third-order valence-corrected chi connectivity index (χ3v) is 3.80. The van der Waals surface area contributed by atoms with Crippen molar-refractivity contribution in [3.8, 4) is 0 Å². The van der Waals surface area contributed by atoms with Gasteiger partial charge in [-0.25, -0.2) is 0 Å². The maximum Gasteiger partial charge on any atom is 0.0438 e. The second kappa shape index (κ2) is 5.17. The van der Waals surface area contributed by atoms with Crippen LogP contribution < -0.4 is 5.32 Å². The predicted molar refractivity (Wildman–Crippen MR) is 68.9 cm³/mol. The molecule has 2 nitrogen and oxygen atoms in total. The van der Waals surface area contributed by atoms with Gasteiger partial charge in [0, 0.05) is 37.2 Å².